The maximum Gasteiger partial charge on any atom is 0.298 e. The molecule has 6 aliphatic rings. The van der Waals surface area contributed by atoms with Gasteiger partial charge in [-0.1, -0.05) is 24.3 Å². The Balaban J connectivity index is 0.000000150. The first-order valence-corrected chi connectivity index (χ1v) is 29.5. The summed E-state index contributed by atoms with van der Waals surface area (Å²) in [6.45, 7) is 6.60. The van der Waals surface area contributed by atoms with Crippen LogP contribution in [0.1, 0.15) is 60.0 Å². The lowest BCUT2D eigenvalue weighted by molar-refractivity contribution is -0.127. The van der Waals surface area contributed by atoms with Crippen molar-refractivity contribution in [1.29, 1.82) is 0 Å². The van der Waals surface area contributed by atoms with Crippen molar-refractivity contribution in [2.45, 2.75) is 72.2 Å². The minimum Gasteiger partial charge on any atom is -0.380 e. The monoisotopic (exact) mass is 1090 g/mol. The number of halogens is 2. The minimum atomic E-state index is -3.33. The molecule has 3 N–H and O–H groups in total. The van der Waals surface area contributed by atoms with Gasteiger partial charge in [-0.15, -0.1) is 0 Å². The highest BCUT2D eigenvalue weighted by molar-refractivity contribution is 7.91. The van der Waals surface area contributed by atoms with Gasteiger partial charge in [-0.25, -0.2) is 35.6 Å². The van der Waals surface area contributed by atoms with E-state index < -0.39 is 19.7 Å². The van der Waals surface area contributed by atoms with Gasteiger partial charge < -0.3 is 35.1 Å². The van der Waals surface area contributed by atoms with Crippen molar-refractivity contribution in [1.82, 2.24) is 24.4 Å². The van der Waals surface area contributed by atoms with Crippen LogP contribution >= 0.6 is 0 Å². The molecule has 0 unspecified atom stereocenters. The van der Waals surface area contributed by atoms with Crippen molar-refractivity contribution in [3.05, 3.63) is 164 Å². The van der Waals surface area contributed by atoms with Gasteiger partial charge in [-0.3, -0.25) is 18.7 Å². The third-order valence-corrected chi connectivity index (χ3v) is 17.3. The van der Waals surface area contributed by atoms with Crippen LogP contribution in [0.15, 0.2) is 129 Å². The zero-order valence-electron chi connectivity index (χ0n) is 42.9. The van der Waals surface area contributed by atoms with Crippen LogP contribution in [0.2, 0.25) is 0 Å². The summed E-state index contributed by atoms with van der Waals surface area (Å²) < 4.78 is 86.5. The van der Waals surface area contributed by atoms with E-state index in [0.29, 0.717) is 85.1 Å². The van der Waals surface area contributed by atoms with E-state index in [0.717, 1.165) is 95.3 Å². The summed E-state index contributed by atoms with van der Waals surface area (Å²) in [6, 6.07) is 26.6. The number of rotatable bonds is 16. The molecule has 6 fully saturated rings. The molecule has 4 aliphatic heterocycles. The maximum absolute atomic E-state index is 13.4. The van der Waals surface area contributed by atoms with Crippen LogP contribution in [0, 0.1) is 22.5 Å². The summed E-state index contributed by atoms with van der Waals surface area (Å²) >= 11 is 0. The van der Waals surface area contributed by atoms with Crippen LogP contribution < -0.4 is 32.0 Å². The minimum absolute atomic E-state index is 0.134. The first-order chi connectivity index (χ1) is 36.8. The highest BCUT2D eigenvalue weighted by Crippen LogP contribution is 2.42. The van der Waals surface area contributed by atoms with Crippen LogP contribution in [-0.2, 0) is 46.8 Å². The SMILES string of the molecule is CS(=O)(=O)c1ccc(-n2cc(CCC=O)nc(N3CC4(COC4)C3)c2=O)cc1.CS(=O)(=O)c1ccc(-n2cc(CCCN[C@@H]3C[C@H]3c3ccc(F)cc3)nc(N3CC4(COC4)C3)c2=O)cc1.N[C@@H]1C[C@H]1c1ccc(F)cc1. The summed E-state index contributed by atoms with van der Waals surface area (Å²) in [6.07, 6.45) is 10.9. The van der Waals surface area contributed by atoms with Gasteiger partial charge in [-0.2, -0.15) is 0 Å². The summed E-state index contributed by atoms with van der Waals surface area (Å²) in [5.74, 6) is 1.30. The van der Waals surface area contributed by atoms with Crippen molar-refractivity contribution < 1.29 is 39.9 Å². The van der Waals surface area contributed by atoms with Gasteiger partial charge in [-0.05, 0) is 123 Å². The molecular weight excluding hydrogens is 1030 g/mol. The lowest BCUT2D eigenvalue weighted by Gasteiger charge is -2.55. The average Bonchev–Trinajstić information content (AvgIpc) is 4.40. The largest absolute Gasteiger partial charge is 0.380 e. The molecule has 77 heavy (non-hydrogen) atoms. The summed E-state index contributed by atoms with van der Waals surface area (Å²) in [7, 11) is -6.65. The van der Waals surface area contributed by atoms with Crippen LogP contribution in [0.3, 0.4) is 0 Å². The topological polar surface area (TPSA) is 218 Å². The first-order valence-electron chi connectivity index (χ1n) is 25.7. The van der Waals surface area contributed by atoms with Crippen LogP contribution in [0.5, 0.6) is 0 Å². The zero-order chi connectivity index (χ0) is 54.3. The number of nitrogens with two attached hydrogens (primary N) is 1. The molecule has 21 heteroatoms. The lowest BCUT2D eigenvalue weighted by atomic mass is 9.78. The number of hydrogen-bond donors (Lipinski definition) is 2. The lowest BCUT2D eigenvalue weighted by Crippen LogP contribution is -2.67. The van der Waals surface area contributed by atoms with E-state index in [9.17, 15) is 40.0 Å². The Morgan fingerprint density at radius 3 is 1.43 bits per heavy atom. The molecule has 0 radical (unpaired) electrons. The number of aromatic nitrogens is 4. The van der Waals surface area contributed by atoms with Gasteiger partial charge in [0.1, 0.15) is 17.9 Å². The van der Waals surface area contributed by atoms with E-state index in [1.54, 1.807) is 41.2 Å². The van der Waals surface area contributed by atoms with Crippen molar-refractivity contribution in [2.75, 3.05) is 81.5 Å². The molecule has 2 saturated carbocycles. The van der Waals surface area contributed by atoms with Crippen molar-refractivity contribution >= 4 is 37.6 Å². The van der Waals surface area contributed by atoms with Crippen LogP contribution in [0.4, 0.5) is 20.4 Å². The number of nitrogens with zero attached hydrogens (tertiary/aromatic N) is 6. The maximum atomic E-state index is 13.4. The number of carbonyl (C=O) groups excluding carboxylic acids is 1. The highest BCUT2D eigenvalue weighted by atomic mass is 32.2. The number of benzene rings is 4. The Labute approximate surface area is 445 Å². The number of aryl methyl sites for hydroxylation is 2. The molecule has 2 aromatic heterocycles. The van der Waals surface area contributed by atoms with Crippen LogP contribution in [0.25, 0.3) is 11.4 Å². The molecule has 406 valence electrons. The van der Waals surface area contributed by atoms with Gasteiger partial charge in [0, 0.05) is 92.8 Å². The molecule has 0 bridgehead atoms. The fourth-order valence-corrected chi connectivity index (χ4v) is 11.6. The average molecular weight is 1090 g/mol. The van der Waals surface area contributed by atoms with Crippen molar-refractivity contribution in [3.63, 3.8) is 0 Å². The molecule has 0 amide bonds. The molecule has 2 spiro atoms. The van der Waals surface area contributed by atoms with Gasteiger partial charge in [0.25, 0.3) is 11.1 Å². The number of aldehydes is 1. The van der Waals surface area contributed by atoms with Crippen molar-refractivity contribution in [2.24, 2.45) is 16.6 Å². The second-order valence-corrected chi connectivity index (χ2v) is 25.5. The van der Waals surface area contributed by atoms with Gasteiger partial charge in [0.2, 0.25) is 0 Å². The third kappa shape index (κ3) is 12.3. The van der Waals surface area contributed by atoms with E-state index in [2.05, 4.69) is 10.3 Å². The molecule has 12 rings (SSSR count). The van der Waals surface area contributed by atoms with E-state index in [-0.39, 0.29) is 43.4 Å². The van der Waals surface area contributed by atoms with Gasteiger partial charge >= 0.3 is 0 Å². The molecule has 4 saturated heterocycles. The Hall–Kier alpha value is -6.49. The Kier molecular flexibility index (Phi) is 15.2. The Bertz CT molecular complexity index is 3470. The van der Waals surface area contributed by atoms with E-state index in [1.165, 1.54) is 58.7 Å². The molecule has 6 heterocycles. The standard InChI is InChI=1S/C28H31FN4O4S.C19H21N3O5S.C9H10FN/c1-38(35,36)23-10-8-22(9-11-23)33-14-21(31-26(27(33)34)32-15-28(16-32)17-37-18-28)3-2-12-30-25-13-24(25)19-4-6-20(29)7-5-19;1-28(25,26)16-6-4-15(5-7-16)22-9-14(3-2-8-23)20-17(18(22)24)21-10-19(11-21)12-27-13-19;10-7-3-1-6(2-4-7)8-5-9(8)11/h4-11,14,24-25,30H,2-3,12-13,15-18H2,1H3;4-9H,2-3,10-13H2,1H3;1-4,8-9H,5,11H2/t24-,25+;;8-,9+/m0.0/s1. The predicted octanol–water partition coefficient (Wildman–Crippen LogP) is 4.93. The smallest absolute Gasteiger partial charge is 0.298 e. The number of hydrogen-bond acceptors (Lipinski definition) is 15. The van der Waals surface area contributed by atoms with Crippen molar-refractivity contribution in [3.8, 4) is 11.4 Å². The predicted molar refractivity (Wildman–Crippen MR) is 287 cm³/mol. The highest BCUT2D eigenvalue weighted by Gasteiger charge is 2.51. The Morgan fingerprint density at radius 1 is 0.636 bits per heavy atom. The molecule has 4 atom stereocenters. The summed E-state index contributed by atoms with van der Waals surface area (Å²) in [4.78, 5) is 50.9. The number of anilines is 2. The third-order valence-electron chi connectivity index (χ3n) is 15.1. The van der Waals surface area contributed by atoms with Gasteiger partial charge in [0.15, 0.2) is 31.3 Å². The Morgan fingerprint density at radius 2 is 1.05 bits per heavy atom. The zero-order valence-corrected chi connectivity index (χ0v) is 44.5. The second kappa shape index (κ2) is 21.7. The molecular formula is C56H62F2N8O9S2. The van der Waals surface area contributed by atoms with E-state index in [4.69, 9.17) is 20.2 Å². The number of ether oxygens (including phenoxy) is 2. The first kappa shape index (κ1) is 53.9. The molecule has 4 aromatic carbocycles. The normalized spacial score (nSPS) is 21.3. The molecule has 2 aliphatic carbocycles. The summed E-state index contributed by atoms with van der Waals surface area (Å²) in [5.41, 5.74) is 10.4. The van der Waals surface area contributed by atoms with E-state index in [1.807, 2.05) is 34.1 Å². The fraction of sp³-hybridized carbons (Fsp3) is 0.411. The number of sulfone groups is 2. The molecule has 17 nitrogen and oxygen atoms in total. The summed E-state index contributed by atoms with van der Waals surface area (Å²) in [5, 5.41) is 3.58. The van der Waals surface area contributed by atoms with E-state index >= 15 is 0 Å². The second-order valence-electron chi connectivity index (χ2n) is 21.5. The number of carbonyl (C=O) groups is 1. The van der Waals surface area contributed by atoms with Gasteiger partial charge in [0.05, 0.1) is 58.4 Å². The quantitative estimate of drug-likeness (QED) is 0.0970. The fourth-order valence-electron chi connectivity index (χ4n) is 10.3. The number of nitrogens with one attached hydrogen (secondary N) is 1. The molecule has 6 aromatic rings. The van der Waals surface area contributed by atoms with Crippen LogP contribution in [-0.4, -0.2) is 126 Å².